The number of anilines is 4. The molecule has 1 aliphatic heterocycles. The van der Waals surface area contributed by atoms with Gasteiger partial charge in [-0.3, -0.25) is 9.97 Å². The van der Waals surface area contributed by atoms with Gasteiger partial charge in [-0.2, -0.15) is 0 Å². The summed E-state index contributed by atoms with van der Waals surface area (Å²) in [5.74, 6) is 3.31. The van der Waals surface area contributed by atoms with Crippen LogP contribution < -0.4 is 14.8 Å². The van der Waals surface area contributed by atoms with Crippen LogP contribution in [0, 0.1) is 6.67 Å². The minimum absolute atomic E-state index is 0. The second kappa shape index (κ2) is 16.0. The molecule has 0 atom stereocenters. The van der Waals surface area contributed by atoms with Gasteiger partial charge in [0.1, 0.15) is 5.82 Å². The van der Waals surface area contributed by atoms with Crippen LogP contribution in [-0.2, 0) is 22.4 Å². The molecule has 7 nitrogen and oxygen atoms in total. The summed E-state index contributed by atoms with van der Waals surface area (Å²) >= 11 is 0. The molecule has 0 spiro atoms. The summed E-state index contributed by atoms with van der Waals surface area (Å²) in [5, 5.41) is 2.33. The minimum Gasteiger partial charge on any atom is -0.471 e. The number of nitrogens with zero attached hydrogens (tertiary/aromatic N) is 7. The van der Waals surface area contributed by atoms with Crippen molar-refractivity contribution < 1.29 is 22.4 Å². The number of aromatic nitrogens is 5. The Morgan fingerprint density at radius 1 is 0.585 bits per heavy atom. The first kappa shape index (κ1) is 37.9. The van der Waals surface area contributed by atoms with Gasteiger partial charge in [0.05, 0.1) is 17.6 Å². The summed E-state index contributed by atoms with van der Waals surface area (Å²) in [7, 11) is 0. The standard InChI is InChI=1S/C30H38N3.C15H9N4.Au/c1-19(2)23-12-9-13-24(20(3)4)28(23)32-18-33(30-27(32)16-11-17-31-30)29-25(21(5)6)14-10-15-26(29)22(7)8;1-2-4-11-8-13-12(7-10(11)3-1)18-15(19-13)14-9-16-5-6-17-14;/h9-22H,1-8H3;1-9H;/q2*-1;. The quantitative estimate of drug-likeness (QED) is 0.117. The largest absolute Gasteiger partial charge is 0.471 e. The van der Waals surface area contributed by atoms with E-state index in [1.54, 1.807) is 18.6 Å². The molecule has 0 unspecified atom stereocenters. The third-order valence-electron chi connectivity index (χ3n) is 9.74. The minimum atomic E-state index is 0. The van der Waals surface area contributed by atoms with Crippen molar-refractivity contribution in [2.75, 3.05) is 9.80 Å². The maximum Gasteiger partial charge on any atom is 0.126 e. The van der Waals surface area contributed by atoms with Crippen molar-refractivity contribution in [2.45, 2.75) is 79.1 Å². The van der Waals surface area contributed by atoms with E-state index >= 15 is 0 Å². The Balaban J connectivity index is 0.000000203. The van der Waals surface area contributed by atoms with Crippen molar-refractivity contribution in [3.8, 4) is 11.5 Å². The van der Waals surface area contributed by atoms with E-state index in [0.717, 1.165) is 22.5 Å². The number of rotatable bonds is 7. The van der Waals surface area contributed by atoms with E-state index in [-0.39, 0.29) is 22.4 Å². The maximum atomic E-state index is 4.90. The topological polar surface area (TPSA) is 72.1 Å². The number of fused-ring (bicyclic) bond motifs is 3. The van der Waals surface area contributed by atoms with Crippen LogP contribution in [0.25, 0.3) is 33.3 Å². The molecule has 3 aromatic heterocycles. The number of hydrogen-bond donors (Lipinski definition) is 0. The van der Waals surface area contributed by atoms with Gasteiger partial charge in [0.2, 0.25) is 0 Å². The van der Waals surface area contributed by atoms with Gasteiger partial charge in [-0.15, -0.1) is 6.67 Å². The first-order valence-electron chi connectivity index (χ1n) is 18.4. The molecule has 7 aromatic rings. The third kappa shape index (κ3) is 7.52. The molecule has 4 heterocycles. The van der Waals surface area contributed by atoms with E-state index in [2.05, 4.69) is 159 Å². The molecule has 0 bridgehead atoms. The summed E-state index contributed by atoms with van der Waals surface area (Å²) in [6.45, 7) is 20.5. The molecule has 0 amide bonds. The molecule has 53 heavy (non-hydrogen) atoms. The average molecular weight is 883 g/mol. The van der Waals surface area contributed by atoms with Gasteiger partial charge in [-0.25, -0.2) is 4.98 Å². The number of imidazole rings is 1. The van der Waals surface area contributed by atoms with Crippen LogP contribution in [0.3, 0.4) is 0 Å². The predicted octanol–water partition coefficient (Wildman–Crippen LogP) is 11.8. The molecule has 1 radical (unpaired) electrons. The molecule has 0 saturated heterocycles. The first-order valence-corrected chi connectivity index (χ1v) is 18.4. The Bertz CT molecular complexity index is 2130. The smallest absolute Gasteiger partial charge is 0.126 e. The Morgan fingerprint density at radius 3 is 1.70 bits per heavy atom. The zero-order valence-electron chi connectivity index (χ0n) is 31.7. The van der Waals surface area contributed by atoms with Crippen molar-refractivity contribution >= 4 is 44.7 Å². The Hall–Kier alpha value is -4.82. The maximum absolute atomic E-state index is 4.90. The predicted molar refractivity (Wildman–Crippen MR) is 216 cm³/mol. The monoisotopic (exact) mass is 882 g/mol. The summed E-state index contributed by atoms with van der Waals surface area (Å²) in [5.41, 5.74) is 11.6. The summed E-state index contributed by atoms with van der Waals surface area (Å²) in [4.78, 5) is 26.9. The van der Waals surface area contributed by atoms with E-state index in [4.69, 9.17) is 4.98 Å². The number of pyridine rings is 1. The second-order valence-corrected chi connectivity index (χ2v) is 14.7. The molecule has 0 fully saturated rings. The van der Waals surface area contributed by atoms with Gasteiger partial charge in [0.25, 0.3) is 0 Å². The number of hydrogen-bond acceptors (Lipinski definition) is 6. The van der Waals surface area contributed by atoms with Crippen molar-refractivity contribution in [3.05, 3.63) is 139 Å². The van der Waals surface area contributed by atoms with Crippen molar-refractivity contribution in [2.24, 2.45) is 0 Å². The molecule has 8 heteroatoms. The molecule has 4 aromatic carbocycles. The van der Waals surface area contributed by atoms with Gasteiger partial charge in [0.15, 0.2) is 0 Å². The van der Waals surface area contributed by atoms with Crippen molar-refractivity contribution in [3.63, 3.8) is 0 Å². The summed E-state index contributed by atoms with van der Waals surface area (Å²) < 4.78 is 0. The Labute approximate surface area is 329 Å². The molecule has 8 rings (SSSR count). The van der Waals surface area contributed by atoms with Crippen molar-refractivity contribution in [1.82, 2.24) is 24.9 Å². The SMILES string of the molecule is CC(C)c1cccc(C(C)C)c1N1[CH-]N(c2c(C(C)C)cccc2C(C)C)c2ncccc21.[Au].c1ccc2cc3[n-]c(-c4cnccn4)nc3cc2c1. The van der Waals surface area contributed by atoms with Gasteiger partial charge in [0, 0.05) is 52.3 Å². The third-order valence-corrected chi connectivity index (χ3v) is 9.74. The normalized spacial score (nSPS) is 12.5. The molecular weight excluding hydrogens is 836 g/mol. The molecular formula is C45H47AuN7-2. The first-order chi connectivity index (χ1) is 25.1. The van der Waals surface area contributed by atoms with Crippen LogP contribution in [0.1, 0.15) is 101 Å². The molecule has 0 aliphatic carbocycles. The average Bonchev–Trinajstić information content (AvgIpc) is 3.75. The van der Waals surface area contributed by atoms with Gasteiger partial charge < -0.3 is 19.8 Å². The Kier molecular flexibility index (Phi) is 11.5. The molecule has 275 valence electrons. The fourth-order valence-corrected chi connectivity index (χ4v) is 7.09. The van der Waals surface area contributed by atoms with E-state index in [0.29, 0.717) is 35.2 Å². The summed E-state index contributed by atoms with van der Waals surface area (Å²) in [6, 6.07) is 30.1. The van der Waals surface area contributed by atoms with Crippen LogP contribution in [0.15, 0.2) is 110 Å². The Morgan fingerprint density at radius 2 is 1.15 bits per heavy atom. The van der Waals surface area contributed by atoms with E-state index in [9.17, 15) is 0 Å². The zero-order chi connectivity index (χ0) is 36.5. The second-order valence-electron chi connectivity index (χ2n) is 14.7. The molecule has 0 saturated carbocycles. The molecule has 0 N–H and O–H groups in total. The van der Waals surface area contributed by atoms with Crippen LogP contribution in [0.4, 0.5) is 22.9 Å². The number of para-hydroxylation sites is 2. The van der Waals surface area contributed by atoms with Crippen LogP contribution in [-0.4, -0.2) is 19.9 Å². The fraction of sp³-hybridized carbons (Fsp3) is 0.267. The molecule has 1 aliphatic rings. The summed E-state index contributed by atoms with van der Waals surface area (Å²) in [6.07, 6.45) is 6.87. The number of benzene rings is 4. The van der Waals surface area contributed by atoms with Crippen LogP contribution >= 0.6 is 0 Å². The van der Waals surface area contributed by atoms with Crippen molar-refractivity contribution in [1.29, 1.82) is 0 Å². The van der Waals surface area contributed by atoms with Gasteiger partial charge >= 0.3 is 0 Å². The van der Waals surface area contributed by atoms with Gasteiger partial charge in [-0.1, -0.05) is 128 Å². The van der Waals surface area contributed by atoms with E-state index in [1.807, 2.05) is 24.4 Å². The zero-order valence-corrected chi connectivity index (χ0v) is 33.9. The van der Waals surface area contributed by atoms with Crippen LogP contribution in [0.2, 0.25) is 0 Å². The van der Waals surface area contributed by atoms with Gasteiger partial charge in [-0.05, 0) is 85.7 Å². The van der Waals surface area contributed by atoms with Crippen LogP contribution in [0.5, 0.6) is 0 Å². The van der Waals surface area contributed by atoms with E-state index < -0.39 is 0 Å². The van der Waals surface area contributed by atoms with E-state index in [1.165, 1.54) is 44.4 Å². The fourth-order valence-electron chi connectivity index (χ4n) is 7.09.